The largest absolute Gasteiger partial charge is 0.316 e. The minimum absolute atomic E-state index is 0.0515. The first-order chi connectivity index (χ1) is 7.72. The van der Waals surface area contributed by atoms with E-state index in [1.54, 1.807) is 0 Å². The molecule has 1 N–H and O–H groups in total. The lowest BCUT2D eigenvalue weighted by Crippen LogP contribution is -2.16. The quantitative estimate of drug-likeness (QED) is 0.821. The molecule has 0 radical (unpaired) electrons. The van der Waals surface area contributed by atoms with E-state index in [4.69, 9.17) is 0 Å². The van der Waals surface area contributed by atoms with Gasteiger partial charge in [-0.2, -0.15) is 5.26 Å². The smallest absolute Gasteiger partial charge is 0.0756 e. The van der Waals surface area contributed by atoms with Crippen LogP contribution in [0.4, 0.5) is 0 Å². The second-order valence-corrected chi connectivity index (χ2v) is 4.72. The van der Waals surface area contributed by atoms with Crippen LogP contribution in [-0.4, -0.2) is 13.1 Å². The van der Waals surface area contributed by atoms with Gasteiger partial charge < -0.3 is 5.32 Å². The first-order valence-electron chi connectivity index (χ1n) is 5.90. The van der Waals surface area contributed by atoms with E-state index in [9.17, 15) is 5.26 Å². The molecule has 0 aliphatic carbocycles. The van der Waals surface area contributed by atoms with Gasteiger partial charge in [0.1, 0.15) is 0 Å². The van der Waals surface area contributed by atoms with Gasteiger partial charge in [-0.15, -0.1) is 0 Å². The normalized spacial score (nSPS) is 21.7. The first kappa shape index (κ1) is 11.2. The molecule has 84 valence electrons. The molecule has 16 heavy (non-hydrogen) atoms. The molecule has 1 heterocycles. The van der Waals surface area contributed by atoms with E-state index < -0.39 is 0 Å². The Balaban J connectivity index is 2.30. The van der Waals surface area contributed by atoms with Crippen molar-refractivity contribution in [2.75, 3.05) is 13.1 Å². The van der Waals surface area contributed by atoms with E-state index in [2.05, 4.69) is 43.4 Å². The van der Waals surface area contributed by atoms with Gasteiger partial charge in [-0.25, -0.2) is 0 Å². The summed E-state index contributed by atoms with van der Waals surface area (Å²) in [4.78, 5) is 0. The van der Waals surface area contributed by atoms with Crippen LogP contribution in [0, 0.1) is 31.1 Å². The number of nitrogens with one attached hydrogen (secondary N) is 1. The molecule has 1 aliphatic heterocycles. The second kappa shape index (κ2) is 4.67. The Kier molecular flexibility index (Phi) is 3.26. The van der Waals surface area contributed by atoms with Crippen molar-refractivity contribution in [1.29, 1.82) is 5.26 Å². The molecule has 0 aromatic heterocycles. The Morgan fingerprint density at radius 3 is 2.81 bits per heavy atom. The summed E-state index contributed by atoms with van der Waals surface area (Å²) < 4.78 is 0. The van der Waals surface area contributed by atoms with Gasteiger partial charge in [0.05, 0.1) is 12.0 Å². The molecular weight excluding hydrogens is 196 g/mol. The van der Waals surface area contributed by atoms with Gasteiger partial charge in [0.25, 0.3) is 0 Å². The number of hydrogen-bond acceptors (Lipinski definition) is 2. The standard InChI is InChI=1S/C14H18N2/c1-10-3-4-13(11(2)7-10)14(8-15)12-5-6-16-9-12/h3-4,7,12,14,16H,5-6,9H2,1-2H3. The molecule has 1 aromatic rings. The van der Waals surface area contributed by atoms with Crippen LogP contribution in [0.3, 0.4) is 0 Å². The van der Waals surface area contributed by atoms with Gasteiger partial charge in [-0.05, 0) is 50.4 Å². The molecule has 2 rings (SSSR count). The highest BCUT2D eigenvalue weighted by molar-refractivity contribution is 5.36. The Hall–Kier alpha value is -1.33. The summed E-state index contributed by atoms with van der Waals surface area (Å²) in [6.45, 7) is 6.23. The molecule has 0 bridgehead atoms. The van der Waals surface area contributed by atoms with E-state index in [0.717, 1.165) is 19.5 Å². The molecule has 0 spiro atoms. The van der Waals surface area contributed by atoms with Crippen molar-refractivity contribution in [2.24, 2.45) is 5.92 Å². The van der Waals surface area contributed by atoms with Gasteiger partial charge >= 0.3 is 0 Å². The van der Waals surface area contributed by atoms with Crippen molar-refractivity contribution >= 4 is 0 Å². The summed E-state index contributed by atoms with van der Waals surface area (Å²) >= 11 is 0. The van der Waals surface area contributed by atoms with Crippen LogP contribution in [0.2, 0.25) is 0 Å². The summed E-state index contributed by atoms with van der Waals surface area (Å²) in [5.74, 6) is 0.530. The lowest BCUT2D eigenvalue weighted by Gasteiger charge is -2.18. The van der Waals surface area contributed by atoms with Crippen molar-refractivity contribution < 1.29 is 0 Å². The fourth-order valence-electron chi connectivity index (χ4n) is 2.56. The summed E-state index contributed by atoms with van der Waals surface area (Å²) in [7, 11) is 0. The molecule has 0 amide bonds. The summed E-state index contributed by atoms with van der Waals surface area (Å²) in [5.41, 5.74) is 3.72. The van der Waals surface area contributed by atoms with Crippen molar-refractivity contribution in [3.05, 3.63) is 34.9 Å². The van der Waals surface area contributed by atoms with Crippen LogP contribution in [-0.2, 0) is 0 Å². The van der Waals surface area contributed by atoms with Crippen molar-refractivity contribution in [1.82, 2.24) is 5.32 Å². The molecule has 0 saturated carbocycles. The SMILES string of the molecule is Cc1ccc(C(C#N)C2CCNC2)c(C)c1. The van der Waals surface area contributed by atoms with Crippen LogP contribution in [0.5, 0.6) is 0 Å². The Bertz CT molecular complexity index is 411. The van der Waals surface area contributed by atoms with Gasteiger partial charge in [0, 0.05) is 0 Å². The maximum atomic E-state index is 9.36. The minimum atomic E-state index is 0.0515. The van der Waals surface area contributed by atoms with E-state index in [0.29, 0.717) is 5.92 Å². The highest BCUT2D eigenvalue weighted by atomic mass is 14.9. The predicted octanol–water partition coefficient (Wildman–Crippen LogP) is 2.52. The zero-order valence-corrected chi connectivity index (χ0v) is 9.96. The highest BCUT2D eigenvalue weighted by Crippen LogP contribution is 2.30. The number of benzene rings is 1. The molecule has 1 fully saturated rings. The third-order valence-electron chi connectivity index (χ3n) is 3.47. The Labute approximate surface area is 97.3 Å². The average Bonchev–Trinajstić information content (AvgIpc) is 2.75. The molecule has 2 atom stereocenters. The van der Waals surface area contributed by atoms with Crippen LogP contribution < -0.4 is 5.32 Å². The average molecular weight is 214 g/mol. The summed E-state index contributed by atoms with van der Waals surface area (Å²) in [6, 6.07) is 8.88. The number of hydrogen-bond donors (Lipinski definition) is 1. The number of nitrogens with zero attached hydrogens (tertiary/aromatic N) is 1. The molecule has 1 saturated heterocycles. The van der Waals surface area contributed by atoms with E-state index in [1.165, 1.54) is 16.7 Å². The summed E-state index contributed by atoms with van der Waals surface area (Å²) in [6.07, 6.45) is 1.12. The monoisotopic (exact) mass is 214 g/mol. The van der Waals surface area contributed by atoms with E-state index in [-0.39, 0.29) is 5.92 Å². The fraction of sp³-hybridized carbons (Fsp3) is 0.500. The van der Waals surface area contributed by atoms with Gasteiger partial charge in [-0.3, -0.25) is 0 Å². The van der Waals surface area contributed by atoms with E-state index in [1.807, 2.05) is 0 Å². The minimum Gasteiger partial charge on any atom is -0.316 e. The Morgan fingerprint density at radius 2 is 2.25 bits per heavy atom. The number of rotatable bonds is 2. The second-order valence-electron chi connectivity index (χ2n) is 4.72. The maximum absolute atomic E-state index is 9.36. The topological polar surface area (TPSA) is 35.8 Å². The molecule has 1 aliphatic rings. The lowest BCUT2D eigenvalue weighted by molar-refractivity contribution is 0.529. The highest BCUT2D eigenvalue weighted by Gasteiger charge is 2.26. The van der Waals surface area contributed by atoms with Crippen molar-refractivity contribution in [3.8, 4) is 6.07 Å². The maximum Gasteiger partial charge on any atom is 0.0756 e. The van der Waals surface area contributed by atoms with Crippen LogP contribution in [0.25, 0.3) is 0 Å². The number of nitriles is 1. The lowest BCUT2D eigenvalue weighted by atomic mass is 9.84. The zero-order valence-electron chi connectivity index (χ0n) is 9.96. The van der Waals surface area contributed by atoms with Gasteiger partial charge in [0.15, 0.2) is 0 Å². The first-order valence-corrected chi connectivity index (χ1v) is 5.90. The molecule has 2 unspecified atom stereocenters. The Morgan fingerprint density at radius 1 is 1.44 bits per heavy atom. The van der Waals surface area contributed by atoms with Crippen LogP contribution in [0.15, 0.2) is 18.2 Å². The van der Waals surface area contributed by atoms with Crippen LogP contribution in [0.1, 0.15) is 29.0 Å². The van der Waals surface area contributed by atoms with Gasteiger partial charge in [-0.1, -0.05) is 23.8 Å². The molecule has 2 heteroatoms. The van der Waals surface area contributed by atoms with Crippen molar-refractivity contribution in [2.45, 2.75) is 26.2 Å². The molecule has 1 aromatic carbocycles. The molecule has 2 nitrogen and oxygen atoms in total. The predicted molar refractivity (Wildman–Crippen MR) is 65.2 cm³/mol. The van der Waals surface area contributed by atoms with Gasteiger partial charge in [0.2, 0.25) is 0 Å². The molecular formula is C14H18N2. The number of aryl methyl sites for hydroxylation is 2. The van der Waals surface area contributed by atoms with E-state index >= 15 is 0 Å². The zero-order chi connectivity index (χ0) is 11.5. The van der Waals surface area contributed by atoms with Crippen LogP contribution >= 0.6 is 0 Å². The third kappa shape index (κ3) is 2.10. The van der Waals surface area contributed by atoms with Crippen molar-refractivity contribution in [3.63, 3.8) is 0 Å². The fourth-order valence-corrected chi connectivity index (χ4v) is 2.56. The summed E-state index contributed by atoms with van der Waals surface area (Å²) in [5, 5.41) is 12.7. The third-order valence-corrected chi connectivity index (χ3v) is 3.47.